The zero-order valence-corrected chi connectivity index (χ0v) is 8.08. The second kappa shape index (κ2) is 3.64. The zero-order chi connectivity index (χ0) is 10.9. The Labute approximate surface area is 80.7 Å². The van der Waals surface area contributed by atoms with Gasteiger partial charge in [0, 0.05) is 12.1 Å². The van der Waals surface area contributed by atoms with Crippen LogP contribution in [0.25, 0.3) is 0 Å². The van der Waals surface area contributed by atoms with E-state index in [1.807, 2.05) is 0 Å². The molecule has 0 heterocycles. The van der Waals surface area contributed by atoms with Gasteiger partial charge in [-0.15, -0.1) is 0 Å². The highest BCUT2D eigenvalue weighted by molar-refractivity contribution is 7.85. The molecule has 14 heavy (non-hydrogen) atoms. The van der Waals surface area contributed by atoms with E-state index in [1.54, 1.807) is 0 Å². The SMILES string of the molecule is Cc1ccc([NH+]([O-])O)cc1S(=O)(=O)O. The molecule has 1 aromatic rings. The van der Waals surface area contributed by atoms with Gasteiger partial charge in [-0.1, -0.05) is 6.07 Å². The van der Waals surface area contributed by atoms with E-state index in [0.29, 0.717) is 5.56 Å². The maximum atomic E-state index is 10.8. The average molecular weight is 219 g/mol. The van der Waals surface area contributed by atoms with E-state index in [-0.39, 0.29) is 10.6 Å². The molecular formula is C7H9NO5S. The van der Waals surface area contributed by atoms with Gasteiger partial charge >= 0.3 is 0 Å². The fourth-order valence-corrected chi connectivity index (χ4v) is 1.76. The Kier molecular flexibility index (Phi) is 2.88. The number of quaternary nitrogens is 1. The van der Waals surface area contributed by atoms with Gasteiger partial charge in [-0.2, -0.15) is 13.6 Å². The van der Waals surface area contributed by atoms with E-state index in [4.69, 9.17) is 9.76 Å². The Bertz CT molecular complexity index is 439. The molecule has 0 aliphatic heterocycles. The Morgan fingerprint density at radius 3 is 2.43 bits per heavy atom. The smallest absolute Gasteiger partial charge is 0.295 e. The lowest BCUT2D eigenvalue weighted by molar-refractivity contribution is -0.991. The van der Waals surface area contributed by atoms with Crippen LogP contribution in [-0.4, -0.2) is 18.2 Å². The van der Waals surface area contributed by atoms with E-state index in [2.05, 4.69) is 0 Å². The molecule has 7 heteroatoms. The van der Waals surface area contributed by atoms with Gasteiger partial charge in [-0.25, -0.2) is 5.21 Å². The third kappa shape index (κ3) is 2.28. The minimum atomic E-state index is -4.35. The minimum absolute atomic E-state index is 0.178. The van der Waals surface area contributed by atoms with Crippen molar-refractivity contribution in [1.29, 1.82) is 0 Å². The van der Waals surface area contributed by atoms with Crippen molar-refractivity contribution < 1.29 is 23.4 Å². The highest BCUT2D eigenvalue weighted by Gasteiger charge is 2.15. The van der Waals surface area contributed by atoms with E-state index < -0.39 is 15.3 Å². The van der Waals surface area contributed by atoms with Crippen molar-refractivity contribution in [3.8, 4) is 0 Å². The van der Waals surface area contributed by atoms with Crippen LogP contribution in [0.4, 0.5) is 5.69 Å². The summed E-state index contributed by atoms with van der Waals surface area (Å²) in [6, 6.07) is 3.52. The fourth-order valence-electron chi connectivity index (χ4n) is 1.01. The number of hydrogen-bond donors (Lipinski definition) is 3. The summed E-state index contributed by atoms with van der Waals surface area (Å²) in [6.07, 6.45) is 0. The molecule has 78 valence electrons. The van der Waals surface area contributed by atoms with Crippen molar-refractivity contribution in [3.05, 3.63) is 29.0 Å². The van der Waals surface area contributed by atoms with E-state index in [0.717, 1.165) is 6.07 Å². The normalized spacial score (nSPS) is 14.0. The lowest BCUT2D eigenvalue weighted by Gasteiger charge is -2.12. The van der Waals surface area contributed by atoms with Crippen LogP contribution < -0.4 is 5.23 Å². The highest BCUT2D eigenvalue weighted by Crippen LogP contribution is 2.17. The largest absolute Gasteiger partial charge is 0.595 e. The van der Waals surface area contributed by atoms with Crippen molar-refractivity contribution in [2.75, 3.05) is 0 Å². The first-order valence-electron chi connectivity index (χ1n) is 3.64. The van der Waals surface area contributed by atoms with Crippen LogP contribution in [0.5, 0.6) is 0 Å². The van der Waals surface area contributed by atoms with Gasteiger partial charge in [-0.05, 0) is 12.5 Å². The standard InChI is InChI=1S/C7H9NO5S/c1-5-2-3-6(8(9)10)4-7(5)14(11,12)13/h2-4,8-9H,1H3,(H,11,12,13). The first-order valence-corrected chi connectivity index (χ1v) is 5.08. The maximum absolute atomic E-state index is 10.8. The number of benzene rings is 1. The quantitative estimate of drug-likeness (QED) is 0.466. The van der Waals surface area contributed by atoms with Crippen LogP contribution in [0, 0.1) is 12.1 Å². The first-order chi connectivity index (χ1) is 6.32. The molecule has 3 N–H and O–H groups in total. The summed E-state index contributed by atoms with van der Waals surface area (Å²) >= 11 is 0. The molecule has 0 saturated heterocycles. The third-order valence-corrected chi connectivity index (χ3v) is 2.71. The van der Waals surface area contributed by atoms with Gasteiger partial charge in [0.1, 0.15) is 4.90 Å². The molecule has 0 amide bonds. The van der Waals surface area contributed by atoms with Crippen molar-refractivity contribution in [1.82, 2.24) is 0 Å². The summed E-state index contributed by atoms with van der Waals surface area (Å²) in [4.78, 5) is -0.377. The molecule has 0 spiro atoms. The molecule has 1 atom stereocenters. The van der Waals surface area contributed by atoms with E-state index >= 15 is 0 Å². The second-order valence-corrected chi connectivity index (χ2v) is 4.15. The van der Waals surface area contributed by atoms with E-state index in [1.165, 1.54) is 19.1 Å². The maximum Gasteiger partial charge on any atom is 0.295 e. The van der Waals surface area contributed by atoms with Gasteiger partial charge in [-0.3, -0.25) is 4.55 Å². The Morgan fingerprint density at radius 2 is 2.00 bits per heavy atom. The second-order valence-electron chi connectivity index (χ2n) is 2.76. The Morgan fingerprint density at radius 1 is 1.43 bits per heavy atom. The van der Waals surface area contributed by atoms with Gasteiger partial charge in [0.25, 0.3) is 10.1 Å². The fraction of sp³-hybridized carbons (Fsp3) is 0.143. The van der Waals surface area contributed by atoms with Gasteiger partial charge in [0.05, 0.1) is 0 Å². The predicted octanol–water partition coefficient (Wildman–Crippen LogP) is -0.355. The monoisotopic (exact) mass is 219 g/mol. The molecule has 0 aromatic heterocycles. The summed E-state index contributed by atoms with van der Waals surface area (Å²) < 4.78 is 30.3. The predicted molar refractivity (Wildman–Crippen MR) is 46.8 cm³/mol. The molecule has 0 bridgehead atoms. The van der Waals surface area contributed by atoms with Gasteiger partial charge in [0.15, 0.2) is 5.69 Å². The van der Waals surface area contributed by atoms with Crippen molar-refractivity contribution >= 4 is 15.8 Å². The number of rotatable bonds is 2. The van der Waals surface area contributed by atoms with E-state index in [9.17, 15) is 13.6 Å². The minimum Gasteiger partial charge on any atom is -0.595 e. The molecule has 1 unspecified atom stereocenters. The Balaban J connectivity index is 3.37. The van der Waals surface area contributed by atoms with Gasteiger partial charge < -0.3 is 5.21 Å². The molecule has 0 aliphatic rings. The summed E-state index contributed by atoms with van der Waals surface area (Å²) in [5.74, 6) is 0. The molecule has 0 aliphatic carbocycles. The summed E-state index contributed by atoms with van der Waals surface area (Å²) in [7, 11) is -4.35. The average Bonchev–Trinajstić information content (AvgIpc) is 2.02. The van der Waals surface area contributed by atoms with Crippen molar-refractivity contribution in [3.63, 3.8) is 0 Å². The molecule has 1 rings (SSSR count). The topological polar surface area (TPSA) is 102 Å². The van der Waals surface area contributed by atoms with Crippen molar-refractivity contribution in [2.45, 2.75) is 11.8 Å². The first kappa shape index (κ1) is 11.1. The molecule has 6 nitrogen and oxygen atoms in total. The van der Waals surface area contributed by atoms with Crippen LogP contribution in [-0.2, 0) is 10.1 Å². The summed E-state index contributed by atoms with van der Waals surface area (Å²) in [5, 5.41) is 17.9. The lowest BCUT2D eigenvalue weighted by Crippen LogP contribution is -2.99. The van der Waals surface area contributed by atoms with Crippen LogP contribution in [0.1, 0.15) is 5.56 Å². The lowest BCUT2D eigenvalue weighted by atomic mass is 10.2. The Hall–Kier alpha value is -0.990. The third-order valence-electron chi connectivity index (χ3n) is 1.71. The zero-order valence-electron chi connectivity index (χ0n) is 7.26. The summed E-state index contributed by atoms with van der Waals surface area (Å²) in [5.41, 5.74) is 0.126. The number of hydrogen-bond acceptors (Lipinski definition) is 4. The highest BCUT2D eigenvalue weighted by atomic mass is 32.2. The van der Waals surface area contributed by atoms with Crippen LogP contribution in [0.15, 0.2) is 23.1 Å². The molecule has 0 fully saturated rings. The molecule has 0 radical (unpaired) electrons. The summed E-state index contributed by atoms with van der Waals surface area (Å²) in [6.45, 7) is 1.47. The van der Waals surface area contributed by atoms with Crippen LogP contribution >= 0.6 is 0 Å². The number of aryl methyl sites for hydroxylation is 1. The molecule has 1 aromatic carbocycles. The molecule has 0 saturated carbocycles. The van der Waals surface area contributed by atoms with Crippen LogP contribution in [0.3, 0.4) is 0 Å². The van der Waals surface area contributed by atoms with Gasteiger partial charge in [0.2, 0.25) is 0 Å². The van der Waals surface area contributed by atoms with Crippen molar-refractivity contribution in [2.24, 2.45) is 0 Å². The van der Waals surface area contributed by atoms with Crippen LogP contribution in [0.2, 0.25) is 0 Å². The molecular weight excluding hydrogens is 210 g/mol. The number of nitrogens with one attached hydrogen (secondary N) is 1.